The topological polar surface area (TPSA) is 82.2 Å². The molecule has 0 aliphatic carbocycles. The predicted octanol–water partition coefficient (Wildman–Crippen LogP) is 4.52. The molecular weight excluding hydrogens is 504 g/mol. The minimum absolute atomic E-state index is 0.0115. The van der Waals surface area contributed by atoms with Gasteiger partial charge in [0, 0.05) is 60.8 Å². The summed E-state index contributed by atoms with van der Waals surface area (Å²) >= 11 is 0. The summed E-state index contributed by atoms with van der Waals surface area (Å²) in [4.78, 5) is 45.0. The first-order chi connectivity index (χ1) is 19.4. The van der Waals surface area contributed by atoms with Crippen molar-refractivity contribution in [3.63, 3.8) is 0 Å². The van der Waals surface area contributed by atoms with Crippen molar-refractivity contribution in [2.45, 2.75) is 25.9 Å². The first-order valence-electron chi connectivity index (χ1n) is 13.9. The van der Waals surface area contributed by atoms with Gasteiger partial charge in [0.05, 0.1) is 6.10 Å². The number of hydrogen-bond acceptors (Lipinski definition) is 5. The number of piperazine rings is 1. The highest BCUT2D eigenvalue weighted by atomic mass is 16.5. The number of para-hydroxylation sites is 1. The summed E-state index contributed by atoms with van der Waals surface area (Å²) in [7, 11) is 2.06. The fourth-order valence-electron chi connectivity index (χ4n) is 5.30. The van der Waals surface area contributed by atoms with E-state index in [1.165, 1.54) is 0 Å². The number of anilines is 2. The summed E-state index contributed by atoms with van der Waals surface area (Å²) in [5.74, 6) is -0.286. The number of nitrogens with zero attached hydrogens (tertiary/aromatic N) is 3. The summed E-state index contributed by atoms with van der Waals surface area (Å²) in [5.41, 5.74) is 4.40. The highest BCUT2D eigenvalue weighted by molar-refractivity contribution is 6.08. The Morgan fingerprint density at radius 3 is 2.33 bits per heavy atom. The third kappa shape index (κ3) is 6.24. The van der Waals surface area contributed by atoms with Crippen molar-refractivity contribution in [1.82, 2.24) is 9.80 Å². The standard InChI is InChI=1S/C32H36N4O4/c1-23-8-3-4-9-26(23)31(38)33-25-15-13-24(14-16-25)32(39)36-17-7-12-29(27-10-5-6-11-28(27)36)40-22-30(37)35-20-18-34(2)19-21-35/h3-6,8-11,13-16,29H,7,12,17-22H2,1-2H3,(H,33,38). The summed E-state index contributed by atoms with van der Waals surface area (Å²) in [5, 5.41) is 2.91. The second-order valence-corrected chi connectivity index (χ2v) is 10.5. The molecule has 5 rings (SSSR count). The molecule has 1 fully saturated rings. The molecule has 0 spiro atoms. The van der Waals surface area contributed by atoms with Crippen LogP contribution in [-0.2, 0) is 9.53 Å². The van der Waals surface area contributed by atoms with Gasteiger partial charge in [-0.25, -0.2) is 0 Å². The number of carbonyl (C=O) groups is 3. The van der Waals surface area contributed by atoms with E-state index in [1.54, 1.807) is 35.2 Å². The molecule has 8 nitrogen and oxygen atoms in total. The Balaban J connectivity index is 1.26. The lowest BCUT2D eigenvalue weighted by molar-refractivity contribution is -0.140. The molecule has 1 unspecified atom stereocenters. The monoisotopic (exact) mass is 540 g/mol. The van der Waals surface area contributed by atoms with Crippen molar-refractivity contribution < 1.29 is 19.1 Å². The van der Waals surface area contributed by atoms with E-state index in [0.717, 1.165) is 55.8 Å². The number of benzene rings is 3. The number of hydrogen-bond donors (Lipinski definition) is 1. The van der Waals surface area contributed by atoms with Gasteiger partial charge in [-0.15, -0.1) is 0 Å². The van der Waals surface area contributed by atoms with Gasteiger partial charge in [-0.2, -0.15) is 0 Å². The average molecular weight is 541 g/mol. The Morgan fingerprint density at radius 2 is 1.57 bits per heavy atom. The summed E-state index contributed by atoms with van der Waals surface area (Å²) in [6, 6.07) is 22.2. The molecule has 208 valence electrons. The van der Waals surface area contributed by atoms with Gasteiger partial charge < -0.3 is 24.8 Å². The van der Waals surface area contributed by atoms with Gasteiger partial charge in [0.15, 0.2) is 0 Å². The smallest absolute Gasteiger partial charge is 0.258 e. The maximum Gasteiger partial charge on any atom is 0.258 e. The fourth-order valence-corrected chi connectivity index (χ4v) is 5.30. The second kappa shape index (κ2) is 12.4. The average Bonchev–Trinajstić information content (AvgIpc) is 3.16. The van der Waals surface area contributed by atoms with Gasteiger partial charge in [0.1, 0.15) is 6.61 Å². The number of aryl methyl sites for hydroxylation is 1. The van der Waals surface area contributed by atoms with E-state index >= 15 is 0 Å². The van der Waals surface area contributed by atoms with Gasteiger partial charge >= 0.3 is 0 Å². The molecular formula is C32H36N4O4. The summed E-state index contributed by atoms with van der Waals surface area (Å²) in [6.07, 6.45) is 1.21. The molecule has 3 aromatic rings. The van der Waals surface area contributed by atoms with Gasteiger partial charge in [0.25, 0.3) is 11.8 Å². The predicted molar refractivity (Wildman–Crippen MR) is 156 cm³/mol. The third-order valence-corrected chi connectivity index (χ3v) is 7.71. The van der Waals surface area contributed by atoms with Crippen molar-refractivity contribution in [3.8, 4) is 0 Å². The van der Waals surface area contributed by atoms with Crippen LogP contribution in [0.1, 0.15) is 50.8 Å². The minimum Gasteiger partial charge on any atom is -0.364 e. The number of fused-ring (bicyclic) bond motifs is 1. The van der Waals surface area contributed by atoms with E-state index in [-0.39, 0.29) is 30.4 Å². The van der Waals surface area contributed by atoms with Crippen LogP contribution in [0.3, 0.4) is 0 Å². The molecule has 2 heterocycles. The van der Waals surface area contributed by atoms with Crippen LogP contribution >= 0.6 is 0 Å². The van der Waals surface area contributed by atoms with Crippen LogP contribution < -0.4 is 10.2 Å². The van der Waals surface area contributed by atoms with E-state index in [9.17, 15) is 14.4 Å². The van der Waals surface area contributed by atoms with Gasteiger partial charge in [-0.3, -0.25) is 14.4 Å². The van der Waals surface area contributed by atoms with Crippen molar-refractivity contribution in [2.75, 3.05) is 56.6 Å². The Bertz CT molecular complexity index is 1370. The lowest BCUT2D eigenvalue weighted by atomic mass is 10.0. The van der Waals surface area contributed by atoms with Crippen LogP contribution in [0, 0.1) is 6.92 Å². The van der Waals surface area contributed by atoms with E-state index in [1.807, 2.05) is 54.3 Å². The fraction of sp³-hybridized carbons (Fsp3) is 0.344. The Hall–Kier alpha value is -4.01. The molecule has 40 heavy (non-hydrogen) atoms. The summed E-state index contributed by atoms with van der Waals surface area (Å²) < 4.78 is 6.18. The molecule has 8 heteroatoms. The number of rotatable bonds is 6. The molecule has 0 aromatic heterocycles. The van der Waals surface area contributed by atoms with Crippen LogP contribution in [0.2, 0.25) is 0 Å². The zero-order valence-corrected chi connectivity index (χ0v) is 23.1. The van der Waals surface area contributed by atoms with E-state index in [4.69, 9.17) is 4.74 Å². The molecule has 2 aliphatic heterocycles. The Morgan fingerprint density at radius 1 is 0.875 bits per heavy atom. The molecule has 0 radical (unpaired) electrons. The molecule has 0 bridgehead atoms. The van der Waals surface area contributed by atoms with Crippen LogP contribution in [0.4, 0.5) is 11.4 Å². The van der Waals surface area contributed by atoms with Crippen LogP contribution in [0.5, 0.6) is 0 Å². The maximum atomic E-state index is 13.7. The first-order valence-corrected chi connectivity index (χ1v) is 13.9. The normalized spacial score (nSPS) is 17.6. The Labute approximate surface area is 235 Å². The summed E-state index contributed by atoms with van der Waals surface area (Å²) in [6.45, 7) is 5.66. The van der Waals surface area contributed by atoms with Crippen molar-refractivity contribution in [1.29, 1.82) is 0 Å². The van der Waals surface area contributed by atoms with Crippen LogP contribution in [-0.4, -0.2) is 73.9 Å². The van der Waals surface area contributed by atoms with E-state index < -0.39 is 0 Å². The lowest BCUT2D eigenvalue weighted by Crippen LogP contribution is -2.48. The number of carbonyl (C=O) groups excluding carboxylic acids is 3. The molecule has 1 N–H and O–H groups in total. The molecule has 2 aliphatic rings. The highest BCUT2D eigenvalue weighted by Crippen LogP contribution is 2.36. The number of amides is 3. The minimum atomic E-state index is -0.260. The van der Waals surface area contributed by atoms with Crippen molar-refractivity contribution in [3.05, 3.63) is 95.1 Å². The molecule has 3 amide bonds. The number of likely N-dealkylation sites (N-methyl/N-ethyl adjacent to an activating group) is 1. The first kappa shape index (κ1) is 27.6. The second-order valence-electron chi connectivity index (χ2n) is 10.5. The van der Waals surface area contributed by atoms with Gasteiger partial charge in [-0.05, 0) is 68.8 Å². The largest absolute Gasteiger partial charge is 0.364 e. The quantitative estimate of drug-likeness (QED) is 0.497. The number of ether oxygens (including phenoxy) is 1. The van der Waals surface area contributed by atoms with E-state index in [0.29, 0.717) is 23.4 Å². The Kier molecular flexibility index (Phi) is 8.57. The molecule has 0 saturated carbocycles. The number of nitrogens with one attached hydrogen (secondary N) is 1. The van der Waals surface area contributed by atoms with Gasteiger partial charge in [-0.1, -0.05) is 36.4 Å². The van der Waals surface area contributed by atoms with E-state index in [2.05, 4.69) is 17.3 Å². The van der Waals surface area contributed by atoms with Crippen molar-refractivity contribution >= 4 is 29.1 Å². The van der Waals surface area contributed by atoms with Crippen molar-refractivity contribution in [2.24, 2.45) is 0 Å². The molecule has 1 atom stereocenters. The highest BCUT2D eigenvalue weighted by Gasteiger charge is 2.29. The molecule has 3 aromatic carbocycles. The lowest BCUT2D eigenvalue weighted by Gasteiger charge is -2.32. The molecule has 1 saturated heterocycles. The SMILES string of the molecule is Cc1ccccc1C(=O)Nc1ccc(C(=O)N2CCCC(OCC(=O)N3CCN(C)CC3)c3ccccc32)cc1. The third-order valence-electron chi connectivity index (χ3n) is 7.71. The maximum absolute atomic E-state index is 13.7. The zero-order chi connectivity index (χ0) is 28.1. The zero-order valence-electron chi connectivity index (χ0n) is 23.1. The van der Waals surface area contributed by atoms with Crippen LogP contribution in [0.15, 0.2) is 72.8 Å². The van der Waals surface area contributed by atoms with Crippen LogP contribution in [0.25, 0.3) is 0 Å². The van der Waals surface area contributed by atoms with Gasteiger partial charge in [0.2, 0.25) is 5.91 Å².